The van der Waals surface area contributed by atoms with E-state index < -0.39 is 0 Å². The zero-order chi connectivity index (χ0) is 16.0. The number of hydrogen-bond acceptors (Lipinski definition) is 4. The van der Waals surface area contributed by atoms with Crippen molar-refractivity contribution < 1.29 is 19.1 Å². The van der Waals surface area contributed by atoms with Gasteiger partial charge in [0, 0.05) is 5.56 Å². The van der Waals surface area contributed by atoms with Crippen LogP contribution in [0.1, 0.15) is 26.3 Å². The third-order valence-electron chi connectivity index (χ3n) is 4.12. The van der Waals surface area contributed by atoms with Gasteiger partial charge < -0.3 is 9.47 Å². The number of fused-ring (bicyclic) bond motifs is 1. The highest BCUT2D eigenvalue weighted by atomic mass is 16.6. The van der Waals surface area contributed by atoms with Crippen LogP contribution in [0.25, 0.3) is 0 Å². The van der Waals surface area contributed by atoms with Crippen molar-refractivity contribution in [2.45, 2.75) is 13.0 Å². The van der Waals surface area contributed by atoms with Gasteiger partial charge in [-0.2, -0.15) is 0 Å². The first-order valence-corrected chi connectivity index (χ1v) is 7.48. The summed E-state index contributed by atoms with van der Waals surface area (Å²) in [6.07, 6.45) is 0.150. The van der Waals surface area contributed by atoms with E-state index in [0.29, 0.717) is 29.2 Å². The molecule has 1 atom stereocenters. The quantitative estimate of drug-likeness (QED) is 0.643. The highest BCUT2D eigenvalue weighted by Gasteiger charge is 2.37. The van der Waals surface area contributed by atoms with Crippen LogP contribution >= 0.6 is 0 Å². The van der Waals surface area contributed by atoms with Gasteiger partial charge in [-0.3, -0.25) is 9.59 Å². The molecule has 1 saturated heterocycles. The normalized spacial score (nSPS) is 19.0. The third-order valence-corrected chi connectivity index (χ3v) is 4.12. The van der Waals surface area contributed by atoms with Gasteiger partial charge in [0.15, 0.2) is 0 Å². The predicted molar refractivity (Wildman–Crippen MR) is 84.0 cm³/mol. The summed E-state index contributed by atoms with van der Waals surface area (Å²) >= 11 is 0. The Kier molecular flexibility index (Phi) is 3.16. The molecule has 0 saturated carbocycles. The standard InChI is InChI=1S/C18H15NO4/c1-11-15(7-4-8-16(11)23-10-12-9-22-12)19-17(20)13-5-2-3-6-14(13)18(19)21/h2-8,12H,9-10H2,1H3. The zero-order valence-corrected chi connectivity index (χ0v) is 12.6. The summed E-state index contributed by atoms with van der Waals surface area (Å²) in [5.41, 5.74) is 2.21. The summed E-state index contributed by atoms with van der Waals surface area (Å²) in [5, 5.41) is 0. The van der Waals surface area contributed by atoms with Crippen molar-refractivity contribution in [2.24, 2.45) is 0 Å². The first-order valence-electron chi connectivity index (χ1n) is 7.48. The van der Waals surface area contributed by atoms with E-state index in [1.807, 2.05) is 13.0 Å². The van der Waals surface area contributed by atoms with Gasteiger partial charge in [0.1, 0.15) is 18.5 Å². The van der Waals surface area contributed by atoms with Crippen LogP contribution in [0.4, 0.5) is 5.69 Å². The number of imide groups is 1. The van der Waals surface area contributed by atoms with Crippen LogP contribution in [-0.4, -0.2) is 31.1 Å². The van der Waals surface area contributed by atoms with Crippen molar-refractivity contribution in [2.75, 3.05) is 18.1 Å². The van der Waals surface area contributed by atoms with Gasteiger partial charge in [-0.15, -0.1) is 0 Å². The zero-order valence-electron chi connectivity index (χ0n) is 12.6. The lowest BCUT2D eigenvalue weighted by atomic mass is 10.1. The lowest BCUT2D eigenvalue weighted by Crippen LogP contribution is -2.30. The minimum absolute atomic E-state index is 0.150. The monoisotopic (exact) mass is 309 g/mol. The Morgan fingerprint density at radius 3 is 2.35 bits per heavy atom. The molecule has 2 aromatic rings. The number of carbonyl (C=O) groups is 2. The number of amides is 2. The van der Waals surface area contributed by atoms with Crippen LogP contribution in [0.15, 0.2) is 42.5 Å². The summed E-state index contributed by atoms with van der Waals surface area (Å²) in [6, 6.07) is 12.3. The van der Waals surface area contributed by atoms with Crippen molar-refractivity contribution >= 4 is 17.5 Å². The SMILES string of the molecule is Cc1c(OCC2CO2)cccc1N1C(=O)c2ccccc2C1=O. The molecule has 0 aromatic heterocycles. The summed E-state index contributed by atoms with van der Waals surface area (Å²) in [7, 11) is 0. The fourth-order valence-corrected chi connectivity index (χ4v) is 2.76. The van der Waals surface area contributed by atoms with E-state index in [-0.39, 0.29) is 17.9 Å². The Balaban J connectivity index is 1.69. The van der Waals surface area contributed by atoms with Gasteiger partial charge in [0.25, 0.3) is 11.8 Å². The Labute approximate surface area is 133 Å². The number of epoxide rings is 1. The molecule has 1 fully saturated rings. The second kappa shape index (κ2) is 5.21. The largest absolute Gasteiger partial charge is 0.490 e. The molecular formula is C18H15NO4. The topological polar surface area (TPSA) is 59.1 Å². The van der Waals surface area contributed by atoms with Gasteiger partial charge in [0.2, 0.25) is 0 Å². The molecule has 2 aliphatic heterocycles. The molecule has 116 valence electrons. The number of rotatable bonds is 4. The van der Waals surface area contributed by atoms with Crippen molar-refractivity contribution in [3.63, 3.8) is 0 Å². The number of carbonyl (C=O) groups excluding carboxylic acids is 2. The number of benzene rings is 2. The smallest absolute Gasteiger partial charge is 0.266 e. The molecule has 2 heterocycles. The molecule has 1 unspecified atom stereocenters. The summed E-state index contributed by atoms with van der Waals surface area (Å²) in [6.45, 7) is 3.05. The van der Waals surface area contributed by atoms with Crippen LogP contribution in [0.5, 0.6) is 5.75 Å². The fraction of sp³-hybridized carbons (Fsp3) is 0.222. The molecule has 23 heavy (non-hydrogen) atoms. The molecule has 2 amide bonds. The van der Waals surface area contributed by atoms with Gasteiger partial charge in [0.05, 0.1) is 23.4 Å². The number of anilines is 1. The van der Waals surface area contributed by atoms with Gasteiger partial charge in [-0.05, 0) is 31.2 Å². The lowest BCUT2D eigenvalue weighted by molar-refractivity contribution is 0.0926. The lowest BCUT2D eigenvalue weighted by Gasteiger charge is -2.19. The van der Waals surface area contributed by atoms with E-state index in [2.05, 4.69) is 0 Å². The number of hydrogen-bond donors (Lipinski definition) is 0. The Bertz CT molecular complexity index is 775. The maximum atomic E-state index is 12.6. The van der Waals surface area contributed by atoms with Crippen LogP contribution in [-0.2, 0) is 4.74 Å². The third kappa shape index (κ3) is 2.29. The average molecular weight is 309 g/mol. The molecule has 0 N–H and O–H groups in total. The molecule has 2 aromatic carbocycles. The van der Waals surface area contributed by atoms with Crippen molar-refractivity contribution in [1.29, 1.82) is 0 Å². The Hall–Kier alpha value is -2.66. The van der Waals surface area contributed by atoms with Crippen LogP contribution < -0.4 is 9.64 Å². The molecule has 0 aliphatic carbocycles. The summed E-state index contributed by atoms with van der Waals surface area (Å²) in [4.78, 5) is 26.4. The molecule has 0 radical (unpaired) electrons. The van der Waals surface area contributed by atoms with E-state index in [9.17, 15) is 9.59 Å². The van der Waals surface area contributed by atoms with E-state index in [4.69, 9.17) is 9.47 Å². The first kappa shape index (κ1) is 14.0. The Morgan fingerprint density at radius 2 is 1.74 bits per heavy atom. The van der Waals surface area contributed by atoms with E-state index in [1.54, 1.807) is 36.4 Å². The number of ether oxygens (including phenoxy) is 2. The van der Waals surface area contributed by atoms with Crippen LogP contribution in [0.3, 0.4) is 0 Å². The Morgan fingerprint density at radius 1 is 1.09 bits per heavy atom. The molecular weight excluding hydrogens is 294 g/mol. The molecule has 0 spiro atoms. The first-order chi connectivity index (χ1) is 11.2. The summed E-state index contributed by atoms with van der Waals surface area (Å²) < 4.78 is 10.9. The van der Waals surface area contributed by atoms with Gasteiger partial charge >= 0.3 is 0 Å². The van der Waals surface area contributed by atoms with E-state index in [0.717, 1.165) is 12.2 Å². The fourth-order valence-electron chi connectivity index (χ4n) is 2.76. The maximum absolute atomic E-state index is 12.6. The minimum Gasteiger partial charge on any atom is -0.490 e. The van der Waals surface area contributed by atoms with Crippen molar-refractivity contribution in [3.8, 4) is 5.75 Å². The van der Waals surface area contributed by atoms with Crippen LogP contribution in [0, 0.1) is 6.92 Å². The predicted octanol–water partition coefficient (Wildman–Crippen LogP) is 2.57. The van der Waals surface area contributed by atoms with Gasteiger partial charge in [-0.1, -0.05) is 18.2 Å². The number of nitrogens with zero attached hydrogens (tertiary/aromatic N) is 1. The highest BCUT2D eigenvalue weighted by molar-refractivity contribution is 6.34. The van der Waals surface area contributed by atoms with E-state index >= 15 is 0 Å². The molecule has 0 bridgehead atoms. The average Bonchev–Trinajstić information content (AvgIpc) is 3.35. The second-order valence-electron chi connectivity index (χ2n) is 5.66. The molecule has 2 aliphatic rings. The van der Waals surface area contributed by atoms with E-state index in [1.165, 1.54) is 4.90 Å². The van der Waals surface area contributed by atoms with Crippen molar-refractivity contribution in [3.05, 3.63) is 59.2 Å². The minimum atomic E-state index is -0.295. The highest BCUT2D eigenvalue weighted by Crippen LogP contribution is 2.34. The van der Waals surface area contributed by atoms with Crippen molar-refractivity contribution in [1.82, 2.24) is 0 Å². The van der Waals surface area contributed by atoms with Crippen LogP contribution in [0.2, 0.25) is 0 Å². The van der Waals surface area contributed by atoms with Gasteiger partial charge in [-0.25, -0.2) is 4.90 Å². The second-order valence-corrected chi connectivity index (χ2v) is 5.66. The molecule has 5 nitrogen and oxygen atoms in total. The molecule has 5 heteroatoms. The summed E-state index contributed by atoms with van der Waals surface area (Å²) in [5.74, 6) is 0.0716. The molecule has 4 rings (SSSR count). The maximum Gasteiger partial charge on any atom is 0.266 e.